The first-order chi connectivity index (χ1) is 9.00. The molecule has 2 unspecified atom stereocenters. The molecule has 0 aliphatic carbocycles. The first-order valence-electron chi connectivity index (χ1n) is 6.48. The van der Waals surface area contributed by atoms with Crippen LogP contribution in [0.2, 0.25) is 0 Å². The Morgan fingerprint density at radius 2 is 2.26 bits per heavy atom. The number of nitrogens with one attached hydrogen (secondary N) is 2. The van der Waals surface area contributed by atoms with Crippen LogP contribution in [0.15, 0.2) is 0 Å². The fourth-order valence-corrected chi connectivity index (χ4v) is 2.65. The normalized spacial score (nSPS) is 23.9. The van der Waals surface area contributed by atoms with Gasteiger partial charge in [0, 0.05) is 19.1 Å². The van der Waals surface area contributed by atoms with Gasteiger partial charge in [0.05, 0.1) is 6.61 Å². The fourth-order valence-electron chi connectivity index (χ4n) is 1.84. The number of carbonyl (C=O) groups excluding carboxylic acids is 1. The second-order valence-electron chi connectivity index (χ2n) is 4.67. The molecular weight excluding hydrogens is 268 g/mol. The summed E-state index contributed by atoms with van der Waals surface area (Å²) in [5.41, 5.74) is -1.28. The molecule has 110 valence electrons. The average Bonchev–Trinajstić information content (AvgIpc) is 2.79. The molecular formula is C12H22N2O4S. The Hall–Kier alpha value is -0.950. The molecule has 2 amide bonds. The maximum absolute atomic E-state index is 11.8. The second kappa shape index (κ2) is 7.59. The molecule has 1 aliphatic heterocycles. The van der Waals surface area contributed by atoms with Crippen LogP contribution in [-0.4, -0.2) is 53.4 Å². The molecule has 6 nitrogen and oxygen atoms in total. The first kappa shape index (κ1) is 16.1. The number of carboxylic acids is 1. The molecule has 0 saturated carbocycles. The van der Waals surface area contributed by atoms with Crippen molar-refractivity contribution in [2.45, 2.75) is 38.3 Å². The molecule has 2 atom stereocenters. The predicted octanol–water partition coefficient (Wildman–Crippen LogP) is 1.06. The van der Waals surface area contributed by atoms with E-state index in [4.69, 9.17) is 4.74 Å². The second-order valence-corrected chi connectivity index (χ2v) is 6.07. The summed E-state index contributed by atoms with van der Waals surface area (Å²) in [5.74, 6) is 0.984. The summed E-state index contributed by atoms with van der Waals surface area (Å²) in [6.45, 7) is 4.38. The molecule has 1 aliphatic rings. The van der Waals surface area contributed by atoms with Crippen molar-refractivity contribution in [3.05, 3.63) is 0 Å². The summed E-state index contributed by atoms with van der Waals surface area (Å²) in [6.07, 6.45) is 1.16. The van der Waals surface area contributed by atoms with Crippen LogP contribution in [0.4, 0.5) is 4.79 Å². The molecule has 0 spiro atoms. The number of urea groups is 1. The highest BCUT2D eigenvalue weighted by atomic mass is 32.2. The van der Waals surface area contributed by atoms with Gasteiger partial charge in [-0.25, -0.2) is 9.59 Å². The van der Waals surface area contributed by atoms with E-state index in [9.17, 15) is 14.7 Å². The number of amides is 2. The van der Waals surface area contributed by atoms with Gasteiger partial charge in [0.25, 0.3) is 0 Å². The van der Waals surface area contributed by atoms with Gasteiger partial charge in [-0.05, 0) is 24.9 Å². The molecule has 0 radical (unpaired) electrons. The van der Waals surface area contributed by atoms with Gasteiger partial charge in [0.2, 0.25) is 0 Å². The minimum absolute atomic E-state index is 0.0206. The molecule has 0 aromatic rings. The quantitative estimate of drug-likeness (QED) is 0.610. The van der Waals surface area contributed by atoms with E-state index in [-0.39, 0.29) is 12.6 Å². The van der Waals surface area contributed by atoms with Crippen LogP contribution in [0.3, 0.4) is 0 Å². The lowest BCUT2D eigenvalue weighted by atomic mass is 9.99. The molecule has 1 rings (SSSR count). The van der Waals surface area contributed by atoms with Crippen molar-refractivity contribution in [1.82, 2.24) is 10.6 Å². The summed E-state index contributed by atoms with van der Waals surface area (Å²) in [6, 6.07) is -0.422. The monoisotopic (exact) mass is 290 g/mol. The number of thioether (sulfide) groups is 1. The number of carbonyl (C=O) groups is 2. The van der Waals surface area contributed by atoms with Crippen molar-refractivity contribution >= 4 is 23.8 Å². The Morgan fingerprint density at radius 1 is 1.53 bits per heavy atom. The number of rotatable bonds is 7. The number of hydrogen-bond acceptors (Lipinski definition) is 4. The Balaban J connectivity index is 2.39. The lowest BCUT2D eigenvalue weighted by molar-refractivity contribution is -0.144. The molecule has 7 heteroatoms. The van der Waals surface area contributed by atoms with E-state index < -0.39 is 17.5 Å². The summed E-state index contributed by atoms with van der Waals surface area (Å²) in [5, 5.41) is 14.5. The van der Waals surface area contributed by atoms with Gasteiger partial charge in [-0.2, -0.15) is 11.8 Å². The zero-order chi connectivity index (χ0) is 14.3. The van der Waals surface area contributed by atoms with Crippen molar-refractivity contribution in [2.24, 2.45) is 0 Å². The number of ether oxygens (including phenoxy) is 1. The van der Waals surface area contributed by atoms with Gasteiger partial charge in [-0.15, -0.1) is 0 Å². The van der Waals surface area contributed by atoms with Crippen LogP contribution in [0.1, 0.15) is 26.7 Å². The van der Waals surface area contributed by atoms with Crippen molar-refractivity contribution in [2.75, 3.05) is 24.7 Å². The van der Waals surface area contributed by atoms with Gasteiger partial charge >= 0.3 is 12.0 Å². The Labute approximate surface area is 117 Å². The minimum Gasteiger partial charge on any atom is -0.479 e. The average molecular weight is 290 g/mol. The van der Waals surface area contributed by atoms with Crippen LogP contribution in [0.5, 0.6) is 0 Å². The molecule has 0 bridgehead atoms. The third-order valence-corrected chi connectivity index (χ3v) is 3.99. The molecule has 0 aromatic carbocycles. The summed E-state index contributed by atoms with van der Waals surface area (Å²) in [7, 11) is 0. The van der Waals surface area contributed by atoms with Crippen molar-refractivity contribution < 1.29 is 19.4 Å². The van der Waals surface area contributed by atoms with E-state index in [0.29, 0.717) is 13.0 Å². The van der Waals surface area contributed by atoms with E-state index in [1.165, 1.54) is 0 Å². The lowest BCUT2D eigenvalue weighted by Crippen LogP contribution is -2.58. The minimum atomic E-state index is -1.28. The van der Waals surface area contributed by atoms with Crippen molar-refractivity contribution in [3.63, 3.8) is 0 Å². The maximum atomic E-state index is 11.8. The Bertz CT molecular complexity index is 319. The Kier molecular flexibility index (Phi) is 6.44. The molecule has 1 saturated heterocycles. The zero-order valence-electron chi connectivity index (χ0n) is 11.4. The first-order valence-corrected chi connectivity index (χ1v) is 7.63. The van der Waals surface area contributed by atoms with Gasteiger partial charge in [0.1, 0.15) is 0 Å². The SMILES string of the molecule is CCSCCC(C)NC(=O)NC1(C(=O)O)CCOC1. The van der Waals surface area contributed by atoms with E-state index in [2.05, 4.69) is 17.6 Å². The molecule has 1 heterocycles. The highest BCUT2D eigenvalue weighted by Gasteiger charge is 2.44. The Morgan fingerprint density at radius 3 is 2.79 bits per heavy atom. The smallest absolute Gasteiger partial charge is 0.332 e. The van der Waals surface area contributed by atoms with Crippen LogP contribution in [0, 0.1) is 0 Å². The van der Waals surface area contributed by atoms with Crippen molar-refractivity contribution in [3.8, 4) is 0 Å². The predicted molar refractivity (Wildman–Crippen MR) is 74.5 cm³/mol. The number of hydrogen-bond donors (Lipinski definition) is 3. The molecule has 19 heavy (non-hydrogen) atoms. The number of aliphatic carboxylic acids is 1. The lowest BCUT2D eigenvalue weighted by Gasteiger charge is -2.25. The maximum Gasteiger partial charge on any atom is 0.332 e. The number of carboxylic acid groups (broad SMARTS) is 1. The summed E-state index contributed by atoms with van der Waals surface area (Å²) < 4.78 is 5.08. The van der Waals surface area contributed by atoms with Gasteiger partial charge in [-0.3, -0.25) is 0 Å². The largest absolute Gasteiger partial charge is 0.479 e. The van der Waals surface area contributed by atoms with Crippen LogP contribution >= 0.6 is 11.8 Å². The highest BCUT2D eigenvalue weighted by molar-refractivity contribution is 7.99. The van der Waals surface area contributed by atoms with Gasteiger partial charge in [-0.1, -0.05) is 6.92 Å². The topological polar surface area (TPSA) is 87.7 Å². The van der Waals surface area contributed by atoms with E-state index in [1.54, 1.807) is 0 Å². The van der Waals surface area contributed by atoms with Gasteiger partial charge in [0.15, 0.2) is 5.54 Å². The zero-order valence-corrected chi connectivity index (χ0v) is 12.2. The van der Waals surface area contributed by atoms with Gasteiger partial charge < -0.3 is 20.5 Å². The third-order valence-electron chi connectivity index (χ3n) is 3.06. The van der Waals surface area contributed by atoms with Crippen molar-refractivity contribution in [1.29, 1.82) is 0 Å². The summed E-state index contributed by atoms with van der Waals surface area (Å²) >= 11 is 1.81. The fraction of sp³-hybridized carbons (Fsp3) is 0.833. The van der Waals surface area contributed by atoms with E-state index >= 15 is 0 Å². The third kappa shape index (κ3) is 4.91. The molecule has 3 N–H and O–H groups in total. The van der Waals surface area contributed by atoms with E-state index in [0.717, 1.165) is 17.9 Å². The van der Waals surface area contributed by atoms with Crippen LogP contribution in [0.25, 0.3) is 0 Å². The molecule has 1 fully saturated rings. The van der Waals surface area contributed by atoms with Crippen LogP contribution in [-0.2, 0) is 9.53 Å². The van der Waals surface area contributed by atoms with E-state index in [1.807, 2.05) is 18.7 Å². The molecule has 0 aromatic heterocycles. The highest BCUT2D eigenvalue weighted by Crippen LogP contribution is 2.18. The summed E-state index contributed by atoms with van der Waals surface area (Å²) in [4.78, 5) is 23.0. The van der Waals surface area contributed by atoms with Crippen LogP contribution < -0.4 is 10.6 Å². The standard InChI is InChI=1S/C12H22N2O4S/c1-3-19-7-4-9(2)13-11(17)14-12(10(15)16)5-6-18-8-12/h9H,3-8H2,1-2H3,(H,15,16)(H2,13,14,17).